The molecule has 2 saturated heterocycles. The van der Waals surface area contributed by atoms with Gasteiger partial charge in [0.2, 0.25) is 0 Å². The molecule has 4 rings (SSSR count). The van der Waals surface area contributed by atoms with Crippen molar-refractivity contribution in [3.05, 3.63) is 17.0 Å². The molecule has 0 saturated carbocycles. The second-order valence-corrected chi connectivity index (χ2v) is 7.08. The van der Waals surface area contributed by atoms with Crippen molar-refractivity contribution in [3.63, 3.8) is 0 Å². The highest BCUT2D eigenvalue weighted by atomic mass is 35.5. The van der Waals surface area contributed by atoms with Gasteiger partial charge in [-0.15, -0.1) is 12.4 Å². The van der Waals surface area contributed by atoms with Crippen molar-refractivity contribution in [3.8, 4) is 0 Å². The van der Waals surface area contributed by atoms with E-state index in [0.717, 1.165) is 56.7 Å². The Labute approximate surface area is 149 Å². The van der Waals surface area contributed by atoms with E-state index in [1.54, 1.807) is 0 Å². The van der Waals surface area contributed by atoms with Crippen molar-refractivity contribution in [1.29, 1.82) is 0 Å². The number of amides is 1. The van der Waals surface area contributed by atoms with E-state index in [2.05, 4.69) is 20.4 Å². The summed E-state index contributed by atoms with van der Waals surface area (Å²) in [7, 11) is 0. The van der Waals surface area contributed by atoms with E-state index < -0.39 is 0 Å². The Hall–Kier alpha value is -1.11. The average Bonchev–Trinajstić information content (AvgIpc) is 3.19. The van der Waals surface area contributed by atoms with Gasteiger partial charge in [-0.25, -0.2) is 0 Å². The van der Waals surface area contributed by atoms with Crippen LogP contribution in [0.15, 0.2) is 0 Å². The fraction of sp³-hybridized carbons (Fsp3) is 0.765. The maximum Gasteiger partial charge on any atom is 0.274 e. The zero-order valence-electron chi connectivity index (χ0n) is 14.2. The number of fused-ring (bicyclic) bond motifs is 1. The SMILES string of the molecule is Cl.O=C(c1n[nH]c2c1CNCC2)N1CCCC(N2CCCC2)CC1. The minimum absolute atomic E-state index is 0. The summed E-state index contributed by atoms with van der Waals surface area (Å²) < 4.78 is 0. The number of likely N-dealkylation sites (tertiary alicyclic amines) is 2. The third-order valence-electron chi connectivity index (χ3n) is 5.65. The molecule has 4 heterocycles. The Morgan fingerprint density at radius 3 is 2.75 bits per heavy atom. The summed E-state index contributed by atoms with van der Waals surface area (Å²) in [5.41, 5.74) is 2.87. The smallest absolute Gasteiger partial charge is 0.274 e. The van der Waals surface area contributed by atoms with Gasteiger partial charge in [-0.3, -0.25) is 9.89 Å². The van der Waals surface area contributed by atoms with Crippen LogP contribution in [-0.2, 0) is 13.0 Å². The largest absolute Gasteiger partial charge is 0.337 e. The van der Waals surface area contributed by atoms with Gasteiger partial charge in [0.25, 0.3) is 5.91 Å². The summed E-state index contributed by atoms with van der Waals surface area (Å²) in [5, 5.41) is 10.7. The van der Waals surface area contributed by atoms with Crippen LogP contribution in [0, 0.1) is 0 Å². The van der Waals surface area contributed by atoms with Crippen LogP contribution < -0.4 is 5.32 Å². The maximum absolute atomic E-state index is 12.9. The molecule has 0 aliphatic carbocycles. The minimum Gasteiger partial charge on any atom is -0.337 e. The standard InChI is InChI=1S/C17H27N5O.ClH/c23-17(16-14-12-18-7-5-15(14)19-20-16)22-10-3-4-13(6-11-22)21-8-1-2-9-21;/h13,18H,1-12H2,(H,19,20);1H. The molecule has 24 heavy (non-hydrogen) atoms. The molecular formula is C17H28ClN5O. The molecule has 1 unspecified atom stereocenters. The first-order valence-corrected chi connectivity index (χ1v) is 9.13. The number of halogens is 1. The lowest BCUT2D eigenvalue weighted by Crippen LogP contribution is -2.36. The van der Waals surface area contributed by atoms with Crippen LogP contribution in [0.5, 0.6) is 0 Å². The molecule has 0 aromatic carbocycles. The van der Waals surface area contributed by atoms with E-state index >= 15 is 0 Å². The van der Waals surface area contributed by atoms with Crippen molar-refractivity contribution in [2.24, 2.45) is 0 Å². The van der Waals surface area contributed by atoms with Crippen molar-refractivity contribution in [2.45, 2.75) is 51.1 Å². The van der Waals surface area contributed by atoms with E-state index in [-0.39, 0.29) is 18.3 Å². The monoisotopic (exact) mass is 353 g/mol. The number of nitrogens with zero attached hydrogens (tertiary/aromatic N) is 3. The summed E-state index contributed by atoms with van der Waals surface area (Å²) in [5.74, 6) is 0.119. The van der Waals surface area contributed by atoms with Crippen LogP contribution in [0.1, 0.15) is 53.8 Å². The van der Waals surface area contributed by atoms with Crippen molar-refractivity contribution >= 4 is 18.3 Å². The number of H-pyrrole nitrogens is 1. The third kappa shape index (κ3) is 3.46. The minimum atomic E-state index is 0. The number of nitrogens with one attached hydrogen (secondary N) is 2. The first-order valence-electron chi connectivity index (χ1n) is 9.13. The highest BCUT2D eigenvalue weighted by molar-refractivity contribution is 5.94. The van der Waals surface area contributed by atoms with Crippen LogP contribution in [-0.4, -0.2) is 64.7 Å². The first kappa shape index (κ1) is 17.7. The van der Waals surface area contributed by atoms with Crippen LogP contribution >= 0.6 is 12.4 Å². The summed E-state index contributed by atoms with van der Waals surface area (Å²) in [6.45, 7) is 5.96. The number of aromatic nitrogens is 2. The van der Waals surface area contributed by atoms with Crippen molar-refractivity contribution in [1.82, 2.24) is 25.3 Å². The van der Waals surface area contributed by atoms with Gasteiger partial charge in [-0.05, 0) is 45.2 Å². The topological polar surface area (TPSA) is 64.3 Å². The lowest BCUT2D eigenvalue weighted by atomic mass is 10.1. The maximum atomic E-state index is 12.9. The molecule has 2 fully saturated rings. The zero-order chi connectivity index (χ0) is 15.6. The van der Waals surface area contributed by atoms with Crippen LogP contribution in [0.3, 0.4) is 0 Å². The fourth-order valence-electron chi connectivity index (χ4n) is 4.31. The second-order valence-electron chi connectivity index (χ2n) is 7.08. The van der Waals surface area contributed by atoms with Gasteiger partial charge < -0.3 is 15.1 Å². The molecule has 0 bridgehead atoms. The molecule has 3 aliphatic rings. The summed E-state index contributed by atoms with van der Waals surface area (Å²) in [4.78, 5) is 17.6. The third-order valence-corrected chi connectivity index (χ3v) is 5.65. The van der Waals surface area contributed by atoms with E-state index in [9.17, 15) is 4.79 Å². The highest BCUT2D eigenvalue weighted by Gasteiger charge is 2.29. The lowest BCUT2D eigenvalue weighted by Gasteiger charge is -2.26. The van der Waals surface area contributed by atoms with Gasteiger partial charge in [0, 0.05) is 49.9 Å². The van der Waals surface area contributed by atoms with Gasteiger partial charge in [0.15, 0.2) is 5.69 Å². The number of carbonyl (C=O) groups is 1. The highest BCUT2D eigenvalue weighted by Crippen LogP contribution is 2.23. The van der Waals surface area contributed by atoms with Gasteiger partial charge in [-0.2, -0.15) is 5.10 Å². The molecule has 1 atom stereocenters. The molecule has 6 nitrogen and oxygen atoms in total. The number of rotatable bonds is 2. The average molecular weight is 354 g/mol. The molecule has 2 N–H and O–H groups in total. The quantitative estimate of drug-likeness (QED) is 0.847. The summed E-state index contributed by atoms with van der Waals surface area (Å²) in [6.07, 6.45) is 7.06. The molecule has 1 aromatic rings. The Bertz CT molecular complexity index is 569. The fourth-order valence-corrected chi connectivity index (χ4v) is 4.31. The normalized spacial score (nSPS) is 25.0. The van der Waals surface area contributed by atoms with E-state index in [4.69, 9.17) is 0 Å². The Morgan fingerprint density at radius 1 is 1.08 bits per heavy atom. The number of carbonyl (C=O) groups excluding carboxylic acids is 1. The Morgan fingerprint density at radius 2 is 1.92 bits per heavy atom. The lowest BCUT2D eigenvalue weighted by molar-refractivity contribution is 0.0750. The zero-order valence-corrected chi connectivity index (χ0v) is 15.0. The molecule has 1 amide bonds. The summed E-state index contributed by atoms with van der Waals surface area (Å²) in [6, 6.07) is 0.671. The molecule has 0 radical (unpaired) electrons. The Kier molecular flexibility index (Phi) is 5.79. The van der Waals surface area contributed by atoms with Gasteiger partial charge in [-0.1, -0.05) is 0 Å². The summed E-state index contributed by atoms with van der Waals surface area (Å²) >= 11 is 0. The molecule has 7 heteroatoms. The van der Waals surface area contributed by atoms with Gasteiger partial charge >= 0.3 is 0 Å². The van der Waals surface area contributed by atoms with Crippen LogP contribution in [0.2, 0.25) is 0 Å². The van der Waals surface area contributed by atoms with Crippen LogP contribution in [0.25, 0.3) is 0 Å². The van der Waals surface area contributed by atoms with Crippen molar-refractivity contribution < 1.29 is 4.79 Å². The molecular weight excluding hydrogens is 326 g/mol. The van der Waals surface area contributed by atoms with E-state index in [0.29, 0.717) is 11.7 Å². The predicted octanol–water partition coefficient (Wildman–Crippen LogP) is 1.57. The molecule has 1 aromatic heterocycles. The molecule has 134 valence electrons. The number of hydrogen-bond acceptors (Lipinski definition) is 4. The molecule has 3 aliphatic heterocycles. The van der Waals surface area contributed by atoms with E-state index in [1.807, 2.05) is 4.90 Å². The Balaban J connectivity index is 0.00000169. The second kappa shape index (κ2) is 7.85. The predicted molar refractivity (Wildman–Crippen MR) is 95.6 cm³/mol. The van der Waals surface area contributed by atoms with Crippen LogP contribution in [0.4, 0.5) is 0 Å². The van der Waals surface area contributed by atoms with Gasteiger partial charge in [0.1, 0.15) is 0 Å². The van der Waals surface area contributed by atoms with Crippen molar-refractivity contribution in [2.75, 3.05) is 32.7 Å². The first-order chi connectivity index (χ1) is 11.3. The number of aromatic amines is 1. The number of hydrogen-bond donors (Lipinski definition) is 2. The van der Waals surface area contributed by atoms with E-state index in [1.165, 1.54) is 32.4 Å². The molecule has 0 spiro atoms. The van der Waals surface area contributed by atoms with Gasteiger partial charge in [0.05, 0.1) is 0 Å².